The molecule has 0 unspecified atom stereocenters. The van der Waals surface area contributed by atoms with Gasteiger partial charge < -0.3 is 9.84 Å². The lowest BCUT2D eigenvalue weighted by Gasteiger charge is -2.13. The van der Waals surface area contributed by atoms with Gasteiger partial charge in [-0.1, -0.05) is 41.1 Å². The van der Waals surface area contributed by atoms with Crippen LogP contribution in [0.2, 0.25) is 0 Å². The highest BCUT2D eigenvalue weighted by Crippen LogP contribution is 2.32. The van der Waals surface area contributed by atoms with Crippen LogP contribution in [0.5, 0.6) is 0 Å². The number of nitrogens with zero attached hydrogens (tertiary/aromatic N) is 2. The third-order valence-corrected chi connectivity index (χ3v) is 4.20. The normalized spacial score (nSPS) is 11.5. The smallest absolute Gasteiger partial charge is 0.352 e. The van der Waals surface area contributed by atoms with Gasteiger partial charge in [0.15, 0.2) is 0 Å². The van der Waals surface area contributed by atoms with E-state index in [9.17, 15) is 22.4 Å². The summed E-state index contributed by atoms with van der Waals surface area (Å²) in [7, 11) is 0. The summed E-state index contributed by atoms with van der Waals surface area (Å²) >= 11 is 0. The molecule has 0 radical (unpaired) electrons. The number of nitrogens with one attached hydrogen (secondary N) is 1. The molecule has 0 spiro atoms. The highest BCUT2D eigenvalue weighted by atomic mass is 19.4. The van der Waals surface area contributed by atoms with Crippen LogP contribution in [0.25, 0.3) is 11.4 Å². The molecule has 0 fully saturated rings. The molecule has 2 aromatic carbocycles. The quantitative estimate of drug-likeness (QED) is 0.613. The van der Waals surface area contributed by atoms with Gasteiger partial charge >= 0.3 is 6.18 Å². The molecule has 0 saturated carbocycles. The third-order valence-electron chi connectivity index (χ3n) is 4.20. The monoisotopic (exact) mass is 407 g/mol. The molecule has 152 valence electrons. The van der Waals surface area contributed by atoms with E-state index in [4.69, 9.17) is 4.52 Å². The predicted molar refractivity (Wildman–Crippen MR) is 96.0 cm³/mol. The summed E-state index contributed by atoms with van der Waals surface area (Å²) < 4.78 is 57.2. The summed E-state index contributed by atoms with van der Waals surface area (Å²) in [5.41, 5.74) is 0.527. The molecule has 0 atom stereocenters. The van der Waals surface area contributed by atoms with Gasteiger partial charge in [-0.2, -0.15) is 18.2 Å². The molecule has 29 heavy (non-hydrogen) atoms. The molecule has 3 rings (SSSR count). The Kier molecular flexibility index (Phi) is 5.95. The van der Waals surface area contributed by atoms with Crippen LogP contribution in [0, 0.1) is 12.7 Å². The number of amides is 1. The Morgan fingerprint density at radius 1 is 1.14 bits per heavy atom. The third kappa shape index (κ3) is 5.40. The Bertz CT molecular complexity index is 998. The van der Waals surface area contributed by atoms with Crippen molar-refractivity contribution in [3.8, 4) is 11.4 Å². The van der Waals surface area contributed by atoms with E-state index in [0.717, 1.165) is 23.3 Å². The number of benzene rings is 2. The first-order valence-electron chi connectivity index (χ1n) is 8.74. The zero-order valence-corrected chi connectivity index (χ0v) is 15.4. The predicted octanol–water partition coefficient (Wildman–Crippen LogP) is 4.45. The van der Waals surface area contributed by atoms with Gasteiger partial charge in [0.25, 0.3) is 0 Å². The molecule has 1 aromatic heterocycles. The number of halogens is 4. The molecule has 1 amide bonds. The number of aryl methyl sites for hydroxylation is 2. The van der Waals surface area contributed by atoms with Crippen LogP contribution < -0.4 is 5.32 Å². The maximum absolute atomic E-state index is 13.1. The Morgan fingerprint density at radius 2 is 1.86 bits per heavy atom. The van der Waals surface area contributed by atoms with E-state index >= 15 is 0 Å². The highest BCUT2D eigenvalue weighted by molar-refractivity contribution is 5.76. The Balaban J connectivity index is 1.56. The van der Waals surface area contributed by atoms with Crippen LogP contribution in [0.3, 0.4) is 0 Å². The molecule has 5 nitrogen and oxygen atoms in total. The van der Waals surface area contributed by atoms with Crippen LogP contribution in [0.1, 0.15) is 29.0 Å². The number of hydrogen-bond acceptors (Lipinski definition) is 4. The number of aromatic nitrogens is 2. The minimum Gasteiger partial charge on any atom is -0.352 e. The second kappa shape index (κ2) is 8.42. The average Bonchev–Trinajstić information content (AvgIpc) is 3.14. The van der Waals surface area contributed by atoms with Crippen LogP contribution >= 0.6 is 0 Å². The number of carbonyl (C=O) groups is 1. The van der Waals surface area contributed by atoms with E-state index in [0.29, 0.717) is 11.9 Å². The number of carbonyl (C=O) groups excluding carboxylic acids is 1. The minimum absolute atomic E-state index is 0.0436. The molecule has 9 heteroatoms. The second-order valence-corrected chi connectivity index (χ2v) is 6.45. The summed E-state index contributed by atoms with van der Waals surface area (Å²) in [6.45, 7) is 1.58. The van der Waals surface area contributed by atoms with Crippen molar-refractivity contribution >= 4 is 5.91 Å². The first kappa shape index (κ1) is 20.5. The van der Waals surface area contributed by atoms with Crippen LogP contribution in [-0.4, -0.2) is 16.0 Å². The first-order valence-corrected chi connectivity index (χ1v) is 8.74. The topological polar surface area (TPSA) is 68.0 Å². The van der Waals surface area contributed by atoms with E-state index in [-0.39, 0.29) is 30.8 Å². The van der Waals surface area contributed by atoms with Crippen LogP contribution in [0.4, 0.5) is 17.6 Å². The van der Waals surface area contributed by atoms with E-state index in [1.165, 1.54) is 0 Å². The molecule has 0 aliphatic rings. The van der Waals surface area contributed by atoms with Crippen molar-refractivity contribution in [2.45, 2.75) is 32.5 Å². The van der Waals surface area contributed by atoms with Crippen molar-refractivity contribution in [1.82, 2.24) is 15.5 Å². The van der Waals surface area contributed by atoms with Gasteiger partial charge in [0, 0.05) is 24.9 Å². The average molecular weight is 407 g/mol. The van der Waals surface area contributed by atoms with Crippen LogP contribution in [-0.2, 0) is 23.9 Å². The zero-order valence-electron chi connectivity index (χ0n) is 15.4. The van der Waals surface area contributed by atoms with Gasteiger partial charge in [0.2, 0.25) is 17.6 Å². The second-order valence-electron chi connectivity index (χ2n) is 6.45. The molecule has 0 saturated heterocycles. The highest BCUT2D eigenvalue weighted by Gasteiger charge is 2.33. The molecule has 0 bridgehead atoms. The van der Waals surface area contributed by atoms with Crippen molar-refractivity contribution in [2.75, 3.05) is 0 Å². The molecule has 3 aromatic rings. The van der Waals surface area contributed by atoms with Crippen molar-refractivity contribution in [2.24, 2.45) is 0 Å². The fourth-order valence-corrected chi connectivity index (χ4v) is 2.65. The fraction of sp³-hybridized carbons (Fsp3) is 0.250. The largest absolute Gasteiger partial charge is 0.416 e. The van der Waals surface area contributed by atoms with Gasteiger partial charge in [-0.05, 0) is 24.6 Å². The van der Waals surface area contributed by atoms with Gasteiger partial charge in [0.1, 0.15) is 5.82 Å². The summed E-state index contributed by atoms with van der Waals surface area (Å²) in [6.07, 6.45) is -4.61. The van der Waals surface area contributed by atoms with Gasteiger partial charge in [-0.25, -0.2) is 4.39 Å². The summed E-state index contributed by atoms with van der Waals surface area (Å²) in [4.78, 5) is 16.2. The first-order chi connectivity index (χ1) is 13.7. The van der Waals surface area contributed by atoms with Crippen molar-refractivity contribution in [1.29, 1.82) is 0 Å². The maximum Gasteiger partial charge on any atom is 0.416 e. The van der Waals surface area contributed by atoms with E-state index in [1.54, 1.807) is 0 Å². The van der Waals surface area contributed by atoms with E-state index in [1.807, 2.05) is 31.2 Å². The van der Waals surface area contributed by atoms with Crippen molar-refractivity contribution in [3.63, 3.8) is 0 Å². The number of hydrogen-bond donors (Lipinski definition) is 1. The van der Waals surface area contributed by atoms with Gasteiger partial charge in [0.05, 0.1) is 5.56 Å². The molecular weight excluding hydrogens is 390 g/mol. The summed E-state index contributed by atoms with van der Waals surface area (Å²) in [5.74, 6) is -0.847. The minimum atomic E-state index is -4.71. The fourth-order valence-electron chi connectivity index (χ4n) is 2.65. The van der Waals surface area contributed by atoms with Crippen LogP contribution in [0.15, 0.2) is 47.0 Å². The summed E-state index contributed by atoms with van der Waals surface area (Å²) in [6, 6.07) is 9.83. The lowest BCUT2D eigenvalue weighted by molar-refractivity contribution is -0.138. The Labute approximate surface area is 163 Å². The number of rotatable bonds is 6. The zero-order chi connectivity index (χ0) is 21.0. The number of alkyl halides is 3. The molecule has 0 aliphatic carbocycles. The Hall–Kier alpha value is -3.23. The van der Waals surface area contributed by atoms with Gasteiger partial charge in [-0.15, -0.1) is 0 Å². The summed E-state index contributed by atoms with van der Waals surface area (Å²) in [5, 5.41) is 6.25. The van der Waals surface area contributed by atoms with Crippen molar-refractivity contribution < 1.29 is 26.9 Å². The Morgan fingerprint density at radius 3 is 2.55 bits per heavy atom. The van der Waals surface area contributed by atoms with Crippen molar-refractivity contribution in [3.05, 3.63) is 70.9 Å². The lowest BCUT2D eigenvalue weighted by Crippen LogP contribution is -2.24. The van der Waals surface area contributed by atoms with E-state index < -0.39 is 23.5 Å². The maximum atomic E-state index is 13.1. The van der Waals surface area contributed by atoms with Gasteiger partial charge in [-0.3, -0.25) is 4.79 Å². The lowest BCUT2D eigenvalue weighted by atomic mass is 10.1. The molecule has 1 N–H and O–H groups in total. The standard InChI is InChI=1S/C20H17F4N3O2/c1-12-2-4-13(5-3-12)19-26-18(29-27-19)9-8-17(28)25-11-14-6-7-15(21)10-16(14)20(22,23)24/h2-7,10H,8-9,11H2,1H3,(H,25,28). The van der Waals surface area contributed by atoms with E-state index in [2.05, 4.69) is 15.5 Å². The SMILES string of the molecule is Cc1ccc(-c2noc(CCC(=O)NCc3ccc(F)cc3C(F)(F)F)n2)cc1. The molecule has 1 heterocycles. The molecular formula is C20H17F4N3O2. The molecule has 0 aliphatic heterocycles.